The molecule has 72 valence electrons. The second kappa shape index (κ2) is 3.28. The van der Waals surface area contributed by atoms with E-state index < -0.39 is 0 Å². The van der Waals surface area contributed by atoms with Gasteiger partial charge in [0.25, 0.3) is 0 Å². The molecule has 0 spiro atoms. The summed E-state index contributed by atoms with van der Waals surface area (Å²) < 4.78 is 0. The summed E-state index contributed by atoms with van der Waals surface area (Å²) in [5.74, 6) is 0. The summed E-state index contributed by atoms with van der Waals surface area (Å²) in [6.07, 6.45) is 9.84. The van der Waals surface area contributed by atoms with E-state index in [0.717, 1.165) is 5.02 Å². The van der Waals surface area contributed by atoms with Gasteiger partial charge in [-0.25, -0.2) is 0 Å². The molecule has 1 aliphatic carbocycles. The zero-order valence-electron chi connectivity index (χ0n) is 7.66. The molecule has 0 saturated carbocycles. The third-order valence-electron chi connectivity index (χ3n) is 2.81. The van der Waals surface area contributed by atoms with E-state index in [-0.39, 0.29) is 0 Å². The number of nitrogens with zero attached hydrogens (tertiary/aromatic N) is 1. The predicted molar refractivity (Wildman–Crippen MR) is 60.7 cm³/mol. The number of halogens is 1. The Morgan fingerprint density at radius 1 is 1.43 bits per heavy atom. The van der Waals surface area contributed by atoms with Crippen LogP contribution in [0.1, 0.15) is 24.8 Å². The van der Waals surface area contributed by atoms with Crippen molar-refractivity contribution in [2.45, 2.75) is 29.4 Å². The first-order valence-corrected chi connectivity index (χ1v) is 6.12. The summed E-state index contributed by atoms with van der Waals surface area (Å²) in [5.41, 5.74) is 2.73. The van der Waals surface area contributed by atoms with Crippen LogP contribution in [0.4, 0.5) is 0 Å². The topological polar surface area (TPSA) is 12.9 Å². The van der Waals surface area contributed by atoms with E-state index in [1.165, 1.54) is 35.3 Å². The molecule has 3 heteroatoms. The Morgan fingerprint density at radius 2 is 2.36 bits per heavy atom. The van der Waals surface area contributed by atoms with Crippen molar-refractivity contribution in [3.8, 4) is 0 Å². The molecule has 14 heavy (non-hydrogen) atoms. The Kier molecular flexibility index (Phi) is 2.06. The molecule has 0 aromatic carbocycles. The zero-order chi connectivity index (χ0) is 9.54. The molecule has 0 amide bonds. The van der Waals surface area contributed by atoms with Gasteiger partial charge < -0.3 is 0 Å². The Morgan fingerprint density at radius 3 is 3.29 bits per heavy atom. The Labute approximate surface area is 92.6 Å². The maximum absolute atomic E-state index is 6.12. The van der Waals surface area contributed by atoms with Gasteiger partial charge in [-0.05, 0) is 24.8 Å². The molecule has 1 nitrogen and oxygen atoms in total. The third-order valence-corrected chi connectivity index (χ3v) is 4.65. The molecular formula is C11H10ClNS. The number of hydrogen-bond donors (Lipinski definition) is 0. The molecule has 3 rings (SSSR count). The van der Waals surface area contributed by atoms with Crippen molar-refractivity contribution < 1.29 is 0 Å². The number of fused-ring (bicyclic) bond motifs is 3. The summed E-state index contributed by atoms with van der Waals surface area (Å²) in [6.45, 7) is 0. The molecule has 1 aliphatic heterocycles. The van der Waals surface area contributed by atoms with Crippen molar-refractivity contribution in [2.24, 2.45) is 0 Å². The van der Waals surface area contributed by atoms with Gasteiger partial charge in [0.05, 0.1) is 5.02 Å². The van der Waals surface area contributed by atoms with E-state index in [1.54, 1.807) is 6.20 Å². The van der Waals surface area contributed by atoms with Crippen LogP contribution in [-0.2, 0) is 0 Å². The maximum Gasteiger partial charge on any atom is 0.0731 e. The van der Waals surface area contributed by atoms with Crippen LogP contribution in [0.5, 0.6) is 0 Å². The van der Waals surface area contributed by atoms with Crippen molar-refractivity contribution in [3.05, 3.63) is 29.1 Å². The highest BCUT2D eigenvalue weighted by Gasteiger charge is 2.30. The maximum atomic E-state index is 6.12. The number of pyridine rings is 1. The monoisotopic (exact) mass is 223 g/mol. The first-order valence-electron chi connectivity index (χ1n) is 4.87. The minimum atomic E-state index is 0.639. The average molecular weight is 224 g/mol. The molecule has 2 aliphatic rings. The number of hydrogen-bond acceptors (Lipinski definition) is 2. The van der Waals surface area contributed by atoms with Gasteiger partial charge in [0.1, 0.15) is 0 Å². The summed E-state index contributed by atoms with van der Waals surface area (Å²) in [6, 6.07) is 0. The van der Waals surface area contributed by atoms with Gasteiger partial charge in [-0.3, -0.25) is 4.98 Å². The van der Waals surface area contributed by atoms with Crippen molar-refractivity contribution in [1.82, 2.24) is 4.98 Å². The van der Waals surface area contributed by atoms with E-state index in [1.807, 2.05) is 18.0 Å². The Balaban J connectivity index is 2.16. The molecule has 2 heterocycles. The lowest BCUT2D eigenvalue weighted by atomic mass is 9.95. The fraction of sp³-hybridized carbons (Fsp3) is 0.364. The molecule has 1 aromatic heterocycles. The highest BCUT2D eigenvalue weighted by atomic mass is 35.5. The zero-order valence-corrected chi connectivity index (χ0v) is 9.24. The highest BCUT2D eigenvalue weighted by Crippen LogP contribution is 2.50. The van der Waals surface area contributed by atoms with Crippen LogP contribution >= 0.6 is 23.4 Å². The van der Waals surface area contributed by atoms with Gasteiger partial charge in [-0.1, -0.05) is 17.7 Å². The predicted octanol–water partition coefficient (Wildman–Crippen LogP) is 3.78. The first kappa shape index (κ1) is 8.81. The van der Waals surface area contributed by atoms with Gasteiger partial charge in [0, 0.05) is 28.1 Å². The fourth-order valence-corrected chi connectivity index (χ4v) is 3.82. The number of aromatic nitrogens is 1. The quantitative estimate of drug-likeness (QED) is 0.664. The molecule has 1 aromatic rings. The molecule has 1 unspecified atom stereocenters. The standard InChI is InChI=1S/C11H10ClNS/c12-9-6-13-5-8-7-3-1-2-4-10(7)14-11(8)9/h3,5-6,10H,1-2,4H2. The van der Waals surface area contributed by atoms with Gasteiger partial charge in [0.2, 0.25) is 0 Å². The van der Waals surface area contributed by atoms with Crippen LogP contribution in [0, 0.1) is 0 Å². The molecule has 0 N–H and O–H groups in total. The van der Waals surface area contributed by atoms with Gasteiger partial charge in [-0.15, -0.1) is 11.8 Å². The Hall–Kier alpha value is -0.470. The first-order chi connectivity index (χ1) is 6.86. The largest absolute Gasteiger partial charge is 0.262 e. The molecule has 1 atom stereocenters. The van der Waals surface area contributed by atoms with E-state index in [9.17, 15) is 0 Å². The van der Waals surface area contributed by atoms with Crippen LogP contribution in [0.3, 0.4) is 0 Å². The van der Waals surface area contributed by atoms with Crippen LogP contribution in [0.25, 0.3) is 5.57 Å². The van der Waals surface area contributed by atoms with Crippen LogP contribution in [0.15, 0.2) is 23.4 Å². The molecule has 0 fully saturated rings. The van der Waals surface area contributed by atoms with Crippen molar-refractivity contribution in [3.63, 3.8) is 0 Å². The minimum absolute atomic E-state index is 0.639. The van der Waals surface area contributed by atoms with Crippen molar-refractivity contribution in [2.75, 3.05) is 0 Å². The number of thioether (sulfide) groups is 1. The number of rotatable bonds is 0. The van der Waals surface area contributed by atoms with Crippen molar-refractivity contribution >= 4 is 28.9 Å². The van der Waals surface area contributed by atoms with Crippen molar-refractivity contribution in [1.29, 1.82) is 0 Å². The average Bonchev–Trinajstić information content (AvgIpc) is 2.59. The van der Waals surface area contributed by atoms with Gasteiger partial charge in [0.15, 0.2) is 0 Å². The summed E-state index contributed by atoms with van der Waals surface area (Å²) in [4.78, 5) is 5.40. The normalized spacial score (nSPS) is 24.1. The molecular weight excluding hydrogens is 214 g/mol. The minimum Gasteiger partial charge on any atom is -0.262 e. The lowest BCUT2D eigenvalue weighted by Gasteiger charge is -2.15. The second-order valence-corrected chi connectivity index (χ2v) is 5.32. The SMILES string of the molecule is Clc1cncc2c1SC1CCCC=C21. The second-order valence-electron chi connectivity index (χ2n) is 3.69. The Bertz CT molecular complexity index is 414. The lowest BCUT2D eigenvalue weighted by molar-refractivity contribution is 0.756. The van der Waals surface area contributed by atoms with E-state index in [2.05, 4.69) is 11.1 Å². The lowest BCUT2D eigenvalue weighted by Crippen LogP contribution is -2.03. The van der Waals surface area contributed by atoms with Crippen LogP contribution in [0.2, 0.25) is 5.02 Å². The third kappa shape index (κ3) is 1.21. The fourth-order valence-electron chi connectivity index (χ4n) is 2.14. The summed E-state index contributed by atoms with van der Waals surface area (Å²) >= 11 is 8.03. The van der Waals surface area contributed by atoms with Gasteiger partial charge >= 0.3 is 0 Å². The summed E-state index contributed by atoms with van der Waals surface area (Å²) in [5, 5.41) is 1.45. The molecule has 0 saturated heterocycles. The molecule has 0 bridgehead atoms. The smallest absolute Gasteiger partial charge is 0.0731 e. The summed E-state index contributed by atoms with van der Waals surface area (Å²) in [7, 11) is 0. The van der Waals surface area contributed by atoms with E-state index in [0.29, 0.717) is 5.25 Å². The molecule has 0 radical (unpaired) electrons. The highest BCUT2D eigenvalue weighted by molar-refractivity contribution is 8.01. The van der Waals surface area contributed by atoms with Crippen LogP contribution in [-0.4, -0.2) is 10.2 Å². The van der Waals surface area contributed by atoms with E-state index >= 15 is 0 Å². The number of allylic oxidation sites excluding steroid dienone is 1. The van der Waals surface area contributed by atoms with E-state index in [4.69, 9.17) is 11.6 Å². The van der Waals surface area contributed by atoms with Crippen LogP contribution < -0.4 is 0 Å². The van der Waals surface area contributed by atoms with Gasteiger partial charge in [-0.2, -0.15) is 0 Å².